The number of nitrogens with two attached hydrogens (primary N) is 1. The Hall–Kier alpha value is -1.22. The van der Waals surface area contributed by atoms with Gasteiger partial charge in [0.25, 0.3) is 0 Å². The largest absolute Gasteiger partial charge is 0.319 e. The summed E-state index contributed by atoms with van der Waals surface area (Å²) in [7, 11) is 0. The van der Waals surface area contributed by atoms with Crippen LogP contribution in [0.2, 0.25) is 0 Å². The van der Waals surface area contributed by atoms with E-state index in [9.17, 15) is 9.18 Å². The fourth-order valence-corrected chi connectivity index (χ4v) is 1.59. The summed E-state index contributed by atoms with van der Waals surface area (Å²) >= 11 is 0. The van der Waals surface area contributed by atoms with Crippen LogP contribution in [0.4, 0.5) is 4.39 Å². The Morgan fingerprint density at radius 1 is 1.53 bits per heavy atom. The first-order valence-corrected chi connectivity index (χ1v) is 5.06. The highest BCUT2D eigenvalue weighted by Crippen LogP contribution is 2.16. The summed E-state index contributed by atoms with van der Waals surface area (Å²) in [6, 6.07) is 5.64. The summed E-state index contributed by atoms with van der Waals surface area (Å²) < 4.78 is 12.9. The molecule has 1 atom stereocenters. The molecule has 0 saturated heterocycles. The number of hydrogen-bond donors (Lipinski definition) is 1. The van der Waals surface area contributed by atoms with Crippen LogP contribution < -0.4 is 5.73 Å². The predicted molar refractivity (Wildman–Crippen MR) is 58.2 cm³/mol. The van der Waals surface area contributed by atoms with Gasteiger partial charge in [-0.15, -0.1) is 0 Å². The lowest BCUT2D eigenvalue weighted by molar-refractivity contribution is 0.0892. The molecule has 0 fully saturated rings. The van der Waals surface area contributed by atoms with Crippen molar-refractivity contribution >= 4 is 5.78 Å². The van der Waals surface area contributed by atoms with Crippen LogP contribution in [0.5, 0.6) is 0 Å². The average Bonchev–Trinajstić information content (AvgIpc) is 2.16. The standard InChI is InChI=1S/C12H16FNO/c1-3-7-12(2,14)11(15)9-5-4-6-10(13)8-9/h4-6,8H,3,7,14H2,1-2H3. The van der Waals surface area contributed by atoms with E-state index in [0.717, 1.165) is 6.42 Å². The molecule has 1 aromatic rings. The monoisotopic (exact) mass is 209 g/mol. The zero-order valence-electron chi connectivity index (χ0n) is 9.09. The van der Waals surface area contributed by atoms with Crippen molar-refractivity contribution in [2.75, 3.05) is 0 Å². The van der Waals surface area contributed by atoms with E-state index >= 15 is 0 Å². The van der Waals surface area contributed by atoms with E-state index in [1.165, 1.54) is 18.2 Å². The number of rotatable bonds is 4. The Morgan fingerprint density at radius 2 is 2.20 bits per heavy atom. The SMILES string of the molecule is CCCC(C)(N)C(=O)c1cccc(F)c1. The molecule has 0 radical (unpaired) electrons. The van der Waals surface area contributed by atoms with Crippen LogP contribution in [-0.4, -0.2) is 11.3 Å². The molecule has 0 heterocycles. The Balaban J connectivity index is 2.94. The van der Waals surface area contributed by atoms with E-state index in [1.807, 2.05) is 6.92 Å². The molecule has 0 aliphatic heterocycles. The molecule has 2 nitrogen and oxygen atoms in total. The number of Topliss-reactive ketones (excluding diaryl/α,β-unsaturated/α-hetero) is 1. The highest BCUT2D eigenvalue weighted by atomic mass is 19.1. The third-order valence-corrected chi connectivity index (χ3v) is 2.37. The van der Waals surface area contributed by atoms with Gasteiger partial charge in [0.05, 0.1) is 5.54 Å². The van der Waals surface area contributed by atoms with Crippen LogP contribution in [0.15, 0.2) is 24.3 Å². The van der Waals surface area contributed by atoms with E-state index < -0.39 is 11.4 Å². The second-order valence-corrected chi connectivity index (χ2v) is 4.01. The number of halogens is 1. The fraction of sp³-hybridized carbons (Fsp3) is 0.417. The van der Waals surface area contributed by atoms with Crippen molar-refractivity contribution in [1.29, 1.82) is 0 Å². The van der Waals surface area contributed by atoms with Crippen LogP contribution in [-0.2, 0) is 0 Å². The number of carbonyl (C=O) groups excluding carboxylic acids is 1. The summed E-state index contributed by atoms with van der Waals surface area (Å²) in [5.41, 5.74) is 5.32. The molecule has 2 N–H and O–H groups in total. The lowest BCUT2D eigenvalue weighted by Crippen LogP contribution is -2.44. The Labute approximate surface area is 89.3 Å². The van der Waals surface area contributed by atoms with Crippen molar-refractivity contribution in [3.05, 3.63) is 35.6 Å². The van der Waals surface area contributed by atoms with Gasteiger partial charge in [-0.3, -0.25) is 4.79 Å². The van der Waals surface area contributed by atoms with Gasteiger partial charge in [0.15, 0.2) is 5.78 Å². The van der Waals surface area contributed by atoms with Crippen LogP contribution in [0.1, 0.15) is 37.0 Å². The van der Waals surface area contributed by atoms with Crippen LogP contribution in [0, 0.1) is 5.82 Å². The number of hydrogen-bond acceptors (Lipinski definition) is 2. The zero-order valence-corrected chi connectivity index (χ0v) is 9.09. The molecule has 1 aromatic carbocycles. The van der Waals surface area contributed by atoms with Gasteiger partial charge in [0.2, 0.25) is 0 Å². The van der Waals surface area contributed by atoms with E-state index in [4.69, 9.17) is 5.73 Å². The molecule has 0 bridgehead atoms. The zero-order chi connectivity index (χ0) is 11.5. The Bertz CT molecular complexity index is 360. The van der Waals surface area contributed by atoms with Gasteiger partial charge in [-0.25, -0.2) is 4.39 Å². The molecule has 82 valence electrons. The summed E-state index contributed by atoms with van der Waals surface area (Å²) in [5, 5.41) is 0. The van der Waals surface area contributed by atoms with Gasteiger partial charge in [0, 0.05) is 5.56 Å². The Morgan fingerprint density at radius 3 is 2.73 bits per heavy atom. The fourth-order valence-electron chi connectivity index (χ4n) is 1.59. The topological polar surface area (TPSA) is 43.1 Å². The minimum atomic E-state index is -0.900. The van der Waals surface area contributed by atoms with Gasteiger partial charge >= 0.3 is 0 Å². The summed E-state index contributed by atoms with van der Waals surface area (Å²) in [6.45, 7) is 3.65. The molecule has 0 amide bonds. The van der Waals surface area contributed by atoms with Gasteiger partial charge in [-0.05, 0) is 25.5 Å². The van der Waals surface area contributed by atoms with Crippen molar-refractivity contribution < 1.29 is 9.18 Å². The lowest BCUT2D eigenvalue weighted by atomic mass is 9.88. The van der Waals surface area contributed by atoms with Crippen molar-refractivity contribution in [2.45, 2.75) is 32.2 Å². The van der Waals surface area contributed by atoms with E-state index in [1.54, 1.807) is 13.0 Å². The van der Waals surface area contributed by atoms with E-state index in [-0.39, 0.29) is 5.78 Å². The normalized spacial score (nSPS) is 14.7. The molecule has 3 heteroatoms. The predicted octanol–water partition coefficient (Wildman–Crippen LogP) is 2.53. The number of ketones is 1. The van der Waals surface area contributed by atoms with Crippen LogP contribution >= 0.6 is 0 Å². The maximum absolute atomic E-state index is 12.9. The van der Waals surface area contributed by atoms with Crippen molar-refractivity contribution in [2.24, 2.45) is 5.73 Å². The maximum atomic E-state index is 12.9. The Kier molecular flexibility index (Phi) is 3.58. The van der Waals surface area contributed by atoms with Crippen LogP contribution in [0.25, 0.3) is 0 Å². The summed E-state index contributed by atoms with van der Waals surface area (Å²) in [6.07, 6.45) is 1.43. The summed E-state index contributed by atoms with van der Waals surface area (Å²) in [5.74, 6) is -0.614. The molecule has 0 aromatic heterocycles. The molecule has 0 saturated carbocycles. The smallest absolute Gasteiger partial charge is 0.182 e. The highest BCUT2D eigenvalue weighted by molar-refractivity contribution is 6.02. The lowest BCUT2D eigenvalue weighted by Gasteiger charge is -2.22. The quantitative estimate of drug-likeness (QED) is 0.774. The maximum Gasteiger partial charge on any atom is 0.182 e. The number of carbonyl (C=O) groups is 1. The minimum absolute atomic E-state index is 0.205. The van der Waals surface area contributed by atoms with Gasteiger partial charge in [-0.1, -0.05) is 25.5 Å². The second-order valence-electron chi connectivity index (χ2n) is 4.01. The molecular weight excluding hydrogens is 193 g/mol. The third kappa shape index (κ3) is 2.86. The number of benzene rings is 1. The third-order valence-electron chi connectivity index (χ3n) is 2.37. The second kappa shape index (κ2) is 4.53. The van der Waals surface area contributed by atoms with E-state index in [0.29, 0.717) is 12.0 Å². The van der Waals surface area contributed by atoms with Crippen molar-refractivity contribution in [3.63, 3.8) is 0 Å². The van der Waals surface area contributed by atoms with Gasteiger partial charge in [-0.2, -0.15) is 0 Å². The molecule has 0 spiro atoms. The molecular formula is C12H16FNO. The van der Waals surface area contributed by atoms with Gasteiger partial charge < -0.3 is 5.73 Å². The average molecular weight is 209 g/mol. The minimum Gasteiger partial charge on any atom is -0.319 e. The molecule has 0 aliphatic rings. The summed E-state index contributed by atoms with van der Waals surface area (Å²) in [4.78, 5) is 11.9. The molecule has 1 rings (SSSR count). The molecule has 0 aliphatic carbocycles. The molecule has 15 heavy (non-hydrogen) atoms. The van der Waals surface area contributed by atoms with Crippen molar-refractivity contribution in [3.8, 4) is 0 Å². The molecule has 1 unspecified atom stereocenters. The first-order chi connectivity index (χ1) is 6.97. The first-order valence-electron chi connectivity index (χ1n) is 5.06. The highest BCUT2D eigenvalue weighted by Gasteiger charge is 2.28. The van der Waals surface area contributed by atoms with Crippen LogP contribution in [0.3, 0.4) is 0 Å². The van der Waals surface area contributed by atoms with Gasteiger partial charge in [0.1, 0.15) is 5.82 Å². The first kappa shape index (κ1) is 11.9. The van der Waals surface area contributed by atoms with Crippen molar-refractivity contribution in [1.82, 2.24) is 0 Å². The van der Waals surface area contributed by atoms with E-state index in [2.05, 4.69) is 0 Å².